The fraction of sp³-hybridized carbons (Fsp3) is 0.278. The third-order valence-electron chi connectivity index (χ3n) is 3.72. The van der Waals surface area contributed by atoms with Crippen LogP contribution in [0.3, 0.4) is 0 Å². The zero-order valence-electron chi connectivity index (χ0n) is 13.2. The zero-order valence-corrected chi connectivity index (χ0v) is 14.0. The first-order valence-electron chi connectivity index (χ1n) is 7.70. The van der Waals surface area contributed by atoms with Crippen molar-refractivity contribution in [3.05, 3.63) is 65.2 Å². The molecule has 0 saturated heterocycles. The van der Waals surface area contributed by atoms with Crippen molar-refractivity contribution in [3.8, 4) is 10.6 Å². The molecule has 0 radical (unpaired) electrons. The molecule has 2 heterocycles. The number of thiophene rings is 1. The molecule has 0 aliphatic rings. The maximum absolute atomic E-state index is 9.39. The second-order valence-corrected chi connectivity index (χ2v) is 6.52. The van der Waals surface area contributed by atoms with Crippen molar-refractivity contribution >= 4 is 11.3 Å². The average molecular weight is 327 g/mol. The lowest BCUT2D eigenvalue weighted by Gasteiger charge is -2.21. The fourth-order valence-corrected chi connectivity index (χ4v) is 3.46. The molecule has 0 aliphatic heterocycles. The summed E-state index contributed by atoms with van der Waals surface area (Å²) in [6, 6.07) is 14.5. The van der Waals surface area contributed by atoms with E-state index in [0.29, 0.717) is 6.54 Å². The first-order chi connectivity index (χ1) is 11.3. The van der Waals surface area contributed by atoms with Crippen LogP contribution in [0.1, 0.15) is 11.1 Å². The lowest BCUT2D eigenvalue weighted by atomic mass is 10.1. The molecular weight excluding hydrogens is 306 g/mol. The van der Waals surface area contributed by atoms with Gasteiger partial charge in [-0.3, -0.25) is 9.58 Å². The summed E-state index contributed by atoms with van der Waals surface area (Å²) in [4.78, 5) is 3.44. The van der Waals surface area contributed by atoms with Crippen molar-refractivity contribution in [2.75, 3.05) is 13.2 Å². The van der Waals surface area contributed by atoms with Crippen molar-refractivity contribution in [3.63, 3.8) is 0 Å². The average Bonchev–Trinajstić information content (AvgIpc) is 3.18. The molecule has 2 aromatic heterocycles. The van der Waals surface area contributed by atoms with Crippen LogP contribution in [-0.4, -0.2) is 32.9 Å². The van der Waals surface area contributed by atoms with Crippen LogP contribution in [0.2, 0.25) is 0 Å². The smallest absolute Gasteiger partial charge is 0.107 e. The Morgan fingerprint density at radius 3 is 2.65 bits per heavy atom. The Morgan fingerprint density at radius 2 is 1.96 bits per heavy atom. The Hall–Kier alpha value is -1.95. The van der Waals surface area contributed by atoms with Gasteiger partial charge in [-0.2, -0.15) is 5.10 Å². The highest BCUT2D eigenvalue weighted by Crippen LogP contribution is 2.27. The number of aryl methyl sites for hydroxylation is 1. The Morgan fingerprint density at radius 1 is 1.13 bits per heavy atom. The third kappa shape index (κ3) is 4.07. The van der Waals surface area contributed by atoms with Crippen LogP contribution in [0, 0.1) is 0 Å². The summed E-state index contributed by atoms with van der Waals surface area (Å²) in [6.45, 7) is 2.39. The number of aliphatic hydroxyl groups is 1. The summed E-state index contributed by atoms with van der Waals surface area (Å²) in [5.74, 6) is 0. The molecule has 4 nitrogen and oxygen atoms in total. The van der Waals surface area contributed by atoms with E-state index in [4.69, 9.17) is 0 Å². The molecule has 0 amide bonds. The monoisotopic (exact) mass is 327 g/mol. The van der Waals surface area contributed by atoms with E-state index >= 15 is 0 Å². The number of benzene rings is 1. The highest BCUT2D eigenvalue weighted by Gasteiger charge is 2.15. The van der Waals surface area contributed by atoms with Gasteiger partial charge in [-0.25, -0.2) is 0 Å². The van der Waals surface area contributed by atoms with Gasteiger partial charge < -0.3 is 5.11 Å². The largest absolute Gasteiger partial charge is 0.395 e. The quantitative estimate of drug-likeness (QED) is 0.725. The lowest BCUT2D eigenvalue weighted by molar-refractivity contribution is 0.184. The van der Waals surface area contributed by atoms with Crippen LogP contribution in [0.15, 0.2) is 54.0 Å². The summed E-state index contributed by atoms with van der Waals surface area (Å²) in [5, 5.41) is 16.1. The Kier molecular flexibility index (Phi) is 5.23. The molecule has 3 rings (SSSR count). The van der Waals surface area contributed by atoms with E-state index in [1.165, 1.54) is 16.0 Å². The van der Waals surface area contributed by atoms with Gasteiger partial charge >= 0.3 is 0 Å². The third-order valence-corrected chi connectivity index (χ3v) is 4.59. The van der Waals surface area contributed by atoms with E-state index < -0.39 is 0 Å². The van der Waals surface area contributed by atoms with E-state index in [2.05, 4.69) is 39.8 Å². The van der Waals surface area contributed by atoms with Crippen LogP contribution in [0.5, 0.6) is 0 Å². The van der Waals surface area contributed by atoms with E-state index in [-0.39, 0.29) is 6.61 Å². The SMILES string of the molecule is Cn1cc(CN(CCO)Cc2ccccc2)c(-c2cccs2)n1. The standard InChI is InChI=1S/C18H21N3OS/c1-20-13-16(18(19-20)17-8-5-11-23-17)14-21(9-10-22)12-15-6-3-2-4-7-15/h2-8,11,13,22H,9-10,12,14H2,1H3. The summed E-state index contributed by atoms with van der Waals surface area (Å²) in [6.07, 6.45) is 2.07. The molecule has 23 heavy (non-hydrogen) atoms. The molecule has 0 bridgehead atoms. The van der Waals surface area contributed by atoms with E-state index in [1.807, 2.05) is 36.0 Å². The molecule has 0 spiro atoms. The van der Waals surface area contributed by atoms with E-state index in [0.717, 1.165) is 18.8 Å². The summed E-state index contributed by atoms with van der Waals surface area (Å²) in [7, 11) is 1.95. The topological polar surface area (TPSA) is 41.3 Å². The van der Waals surface area contributed by atoms with Gasteiger partial charge in [0.25, 0.3) is 0 Å². The predicted octanol–water partition coefficient (Wildman–Crippen LogP) is 3.14. The van der Waals surface area contributed by atoms with Gasteiger partial charge in [0.15, 0.2) is 0 Å². The maximum Gasteiger partial charge on any atom is 0.107 e. The van der Waals surface area contributed by atoms with Crippen LogP contribution in [0.4, 0.5) is 0 Å². The number of hydrogen-bond acceptors (Lipinski definition) is 4. The van der Waals surface area contributed by atoms with Gasteiger partial charge in [0, 0.05) is 38.4 Å². The minimum absolute atomic E-state index is 0.154. The molecule has 1 N–H and O–H groups in total. The van der Waals surface area contributed by atoms with Gasteiger partial charge in [0.2, 0.25) is 0 Å². The number of rotatable bonds is 7. The summed E-state index contributed by atoms with van der Waals surface area (Å²) in [5.41, 5.74) is 3.49. The second-order valence-electron chi connectivity index (χ2n) is 5.57. The highest BCUT2D eigenvalue weighted by atomic mass is 32.1. The molecule has 120 valence electrons. The first kappa shape index (κ1) is 15.9. The van der Waals surface area contributed by atoms with Crippen LogP contribution in [0.25, 0.3) is 10.6 Å². The van der Waals surface area contributed by atoms with Crippen LogP contribution in [-0.2, 0) is 20.1 Å². The summed E-state index contributed by atoms with van der Waals surface area (Å²) >= 11 is 1.70. The molecule has 0 saturated carbocycles. The molecule has 0 unspecified atom stereocenters. The number of nitrogens with zero attached hydrogens (tertiary/aromatic N) is 3. The summed E-state index contributed by atoms with van der Waals surface area (Å²) < 4.78 is 1.87. The molecular formula is C18H21N3OS. The van der Waals surface area contributed by atoms with Crippen molar-refractivity contribution in [2.45, 2.75) is 13.1 Å². The van der Waals surface area contributed by atoms with E-state index in [9.17, 15) is 5.11 Å². The Labute approximate surface area is 140 Å². The molecule has 3 aromatic rings. The van der Waals surface area contributed by atoms with E-state index in [1.54, 1.807) is 11.3 Å². The van der Waals surface area contributed by atoms with Crippen molar-refractivity contribution in [1.29, 1.82) is 0 Å². The zero-order chi connectivity index (χ0) is 16.1. The van der Waals surface area contributed by atoms with Gasteiger partial charge in [-0.15, -0.1) is 11.3 Å². The predicted molar refractivity (Wildman–Crippen MR) is 94.2 cm³/mol. The van der Waals surface area contributed by atoms with Crippen molar-refractivity contribution in [1.82, 2.24) is 14.7 Å². The molecule has 0 atom stereocenters. The fourth-order valence-electron chi connectivity index (χ4n) is 2.71. The van der Waals surface area contributed by atoms with Crippen molar-refractivity contribution in [2.24, 2.45) is 7.05 Å². The number of aromatic nitrogens is 2. The Bertz CT molecular complexity index is 722. The first-order valence-corrected chi connectivity index (χ1v) is 8.58. The normalized spacial score (nSPS) is 11.3. The molecule has 0 fully saturated rings. The minimum atomic E-state index is 0.154. The van der Waals surface area contributed by atoms with Crippen LogP contribution < -0.4 is 0 Å². The second kappa shape index (κ2) is 7.55. The number of aliphatic hydroxyl groups excluding tert-OH is 1. The maximum atomic E-state index is 9.39. The van der Waals surface area contributed by atoms with Gasteiger partial charge in [0.05, 0.1) is 11.5 Å². The minimum Gasteiger partial charge on any atom is -0.395 e. The van der Waals surface area contributed by atoms with Crippen molar-refractivity contribution < 1.29 is 5.11 Å². The molecule has 5 heteroatoms. The lowest BCUT2D eigenvalue weighted by Crippen LogP contribution is -2.26. The van der Waals surface area contributed by atoms with Gasteiger partial charge in [-0.05, 0) is 17.0 Å². The Balaban J connectivity index is 1.80. The highest BCUT2D eigenvalue weighted by molar-refractivity contribution is 7.13. The van der Waals surface area contributed by atoms with Gasteiger partial charge in [0.1, 0.15) is 5.69 Å². The van der Waals surface area contributed by atoms with Gasteiger partial charge in [-0.1, -0.05) is 36.4 Å². The molecule has 0 aliphatic carbocycles. The number of hydrogen-bond donors (Lipinski definition) is 1. The molecule has 1 aromatic carbocycles. The van der Waals surface area contributed by atoms with Crippen LogP contribution >= 0.6 is 11.3 Å².